The first-order valence-electron chi connectivity index (χ1n) is 21.7. The number of hydrogen-bond acceptors (Lipinski definition) is 1. The highest BCUT2D eigenvalue weighted by atomic mass is 15.1. The summed E-state index contributed by atoms with van der Waals surface area (Å²) in [7, 11) is 0. The van der Waals surface area contributed by atoms with Crippen LogP contribution < -0.4 is 4.90 Å². The largest absolute Gasteiger partial charge is 0.314 e. The van der Waals surface area contributed by atoms with Gasteiger partial charge >= 0.3 is 0 Å². The maximum atomic E-state index is 2.54. The number of fused-ring (bicyclic) bond motifs is 5. The fraction of sp³-hybridized carbons (Fsp3) is 0.133. The summed E-state index contributed by atoms with van der Waals surface area (Å²) in [5.41, 5.74) is 21.9. The van der Waals surface area contributed by atoms with Gasteiger partial charge in [0.05, 0.1) is 0 Å². The minimum absolute atomic E-state index is 0.126. The third-order valence-electron chi connectivity index (χ3n) is 13.2. The zero-order valence-corrected chi connectivity index (χ0v) is 35.6. The third-order valence-corrected chi connectivity index (χ3v) is 13.2. The molecule has 1 heteroatoms. The average molecular weight is 786 g/mol. The first-order valence-corrected chi connectivity index (χ1v) is 21.7. The molecule has 0 heterocycles. The van der Waals surface area contributed by atoms with Crippen molar-refractivity contribution in [3.8, 4) is 11.1 Å². The summed E-state index contributed by atoms with van der Waals surface area (Å²) in [6.07, 6.45) is 17.8. The number of rotatable bonds is 9. The molecular formula is C60H51N. The summed E-state index contributed by atoms with van der Waals surface area (Å²) in [4.78, 5) is 2.54. The second-order valence-electron chi connectivity index (χ2n) is 17.8. The highest BCUT2D eigenvalue weighted by Gasteiger charge is 2.40. The maximum absolute atomic E-state index is 2.54. The molecule has 0 radical (unpaired) electrons. The van der Waals surface area contributed by atoms with Crippen molar-refractivity contribution < 1.29 is 0 Å². The fourth-order valence-electron chi connectivity index (χ4n) is 9.79. The van der Waals surface area contributed by atoms with Gasteiger partial charge < -0.3 is 4.90 Å². The molecule has 0 aromatic heterocycles. The average Bonchev–Trinajstić information content (AvgIpc) is 3.66. The number of hydrogen-bond donors (Lipinski definition) is 0. The van der Waals surface area contributed by atoms with E-state index in [2.05, 4.69) is 245 Å². The Hall–Kier alpha value is -6.96. The van der Waals surface area contributed by atoms with Gasteiger partial charge in [0.15, 0.2) is 0 Å². The summed E-state index contributed by atoms with van der Waals surface area (Å²) < 4.78 is 0. The van der Waals surface area contributed by atoms with Gasteiger partial charge in [-0.25, -0.2) is 0 Å². The molecule has 0 saturated heterocycles. The monoisotopic (exact) mass is 785 g/mol. The van der Waals surface area contributed by atoms with E-state index in [-0.39, 0.29) is 10.8 Å². The van der Waals surface area contributed by atoms with Crippen molar-refractivity contribution in [1.29, 1.82) is 0 Å². The molecule has 0 N–H and O–H groups in total. The molecule has 1 nitrogen and oxygen atoms in total. The van der Waals surface area contributed by atoms with Gasteiger partial charge in [-0.15, -0.1) is 0 Å². The third kappa shape index (κ3) is 7.25. The van der Waals surface area contributed by atoms with Crippen LogP contribution in [0.2, 0.25) is 0 Å². The molecule has 0 amide bonds. The second-order valence-corrected chi connectivity index (χ2v) is 17.8. The standard InChI is InChI=1S/C60H51N/c1-59(2)55-38-46(24-22-43-16-10-6-11-17-43)28-34-51(55)53-36-32-49(40-57(53)59)61(48-30-26-45(27-31-48)21-20-42-14-8-5-9-15-42)50-33-37-54-52-35-29-47(25-23-44-18-12-7-13-19-44)39-56(52)60(3,4)58(54)41-50/h5-32,34-36,38-41H,33,37H2,1-4H3/b21-20+,24-22+,25-23+. The lowest BCUT2D eigenvalue weighted by atomic mass is 9.79. The van der Waals surface area contributed by atoms with Crippen LogP contribution in [0, 0.1) is 0 Å². The van der Waals surface area contributed by atoms with Gasteiger partial charge in [-0.1, -0.05) is 210 Å². The minimum Gasteiger partial charge on any atom is -0.314 e. The molecule has 296 valence electrons. The van der Waals surface area contributed by atoms with E-state index in [1.807, 2.05) is 0 Å². The van der Waals surface area contributed by atoms with Crippen molar-refractivity contribution >= 4 is 53.4 Å². The molecule has 0 spiro atoms. The lowest BCUT2D eigenvalue weighted by Crippen LogP contribution is -2.23. The second kappa shape index (κ2) is 15.6. The molecule has 7 aromatic rings. The molecule has 7 aromatic carbocycles. The zero-order valence-electron chi connectivity index (χ0n) is 35.6. The Morgan fingerprint density at radius 3 is 1.33 bits per heavy atom. The molecule has 61 heavy (non-hydrogen) atoms. The molecule has 0 unspecified atom stereocenters. The summed E-state index contributed by atoms with van der Waals surface area (Å²) in [6.45, 7) is 9.61. The van der Waals surface area contributed by atoms with Crippen LogP contribution in [0.25, 0.3) is 53.2 Å². The zero-order chi connectivity index (χ0) is 41.6. The van der Waals surface area contributed by atoms with Crippen molar-refractivity contribution in [1.82, 2.24) is 0 Å². The first-order chi connectivity index (χ1) is 29.7. The Labute approximate surface area is 362 Å². The Balaban J connectivity index is 1.02. The van der Waals surface area contributed by atoms with E-state index in [0.717, 1.165) is 12.8 Å². The molecule has 0 aliphatic heterocycles. The van der Waals surface area contributed by atoms with Crippen molar-refractivity contribution in [2.75, 3.05) is 4.90 Å². The van der Waals surface area contributed by atoms with Crippen LogP contribution in [0.3, 0.4) is 0 Å². The highest BCUT2D eigenvalue weighted by Crippen LogP contribution is 2.54. The molecule has 0 bridgehead atoms. The van der Waals surface area contributed by atoms with Gasteiger partial charge in [0.1, 0.15) is 0 Å². The maximum Gasteiger partial charge on any atom is 0.0461 e. The molecule has 0 atom stereocenters. The predicted octanol–water partition coefficient (Wildman–Crippen LogP) is 16.1. The van der Waals surface area contributed by atoms with Crippen LogP contribution in [-0.2, 0) is 10.8 Å². The van der Waals surface area contributed by atoms with Crippen molar-refractivity contribution in [3.63, 3.8) is 0 Å². The Bertz CT molecular complexity index is 2920. The van der Waals surface area contributed by atoms with Gasteiger partial charge in [-0.2, -0.15) is 0 Å². The molecule has 3 aliphatic carbocycles. The Morgan fingerprint density at radius 1 is 0.377 bits per heavy atom. The number of anilines is 2. The van der Waals surface area contributed by atoms with Crippen LogP contribution in [0.1, 0.15) is 96.2 Å². The molecule has 3 aliphatic rings. The molecular weight excluding hydrogens is 735 g/mol. The topological polar surface area (TPSA) is 3.24 Å². The van der Waals surface area contributed by atoms with E-state index >= 15 is 0 Å². The number of allylic oxidation sites excluding steroid dienone is 4. The first kappa shape index (κ1) is 38.3. The van der Waals surface area contributed by atoms with Gasteiger partial charge in [-0.3, -0.25) is 0 Å². The molecule has 0 saturated carbocycles. The van der Waals surface area contributed by atoms with Gasteiger partial charge in [0.2, 0.25) is 0 Å². The van der Waals surface area contributed by atoms with E-state index in [1.165, 1.54) is 95.0 Å². The van der Waals surface area contributed by atoms with E-state index in [0.29, 0.717) is 0 Å². The van der Waals surface area contributed by atoms with Crippen LogP contribution in [0.15, 0.2) is 187 Å². The van der Waals surface area contributed by atoms with Gasteiger partial charge in [-0.05, 0) is 121 Å². The lowest BCUT2D eigenvalue weighted by molar-refractivity contribution is 0.648. The van der Waals surface area contributed by atoms with Crippen LogP contribution in [0.5, 0.6) is 0 Å². The lowest BCUT2D eigenvalue weighted by Gasteiger charge is -2.33. The Morgan fingerprint density at radius 2 is 0.787 bits per heavy atom. The summed E-state index contributed by atoms with van der Waals surface area (Å²) >= 11 is 0. The van der Waals surface area contributed by atoms with Gasteiger partial charge in [0.25, 0.3) is 0 Å². The van der Waals surface area contributed by atoms with Crippen molar-refractivity contribution in [3.05, 3.63) is 243 Å². The Kier molecular flexibility index (Phi) is 9.77. The summed E-state index contributed by atoms with van der Waals surface area (Å²) in [6, 6.07) is 62.0. The quantitative estimate of drug-likeness (QED) is 0.132. The smallest absolute Gasteiger partial charge is 0.0461 e. The SMILES string of the molecule is CC1(C)C2=C(CCC(N(c3ccc(/C=C/c4ccccc4)cc3)c3ccc4c(c3)C(C)(C)c3cc(/C=C/c5ccccc5)ccc3-4)=C2)c2ccc(/C=C/c3ccccc3)cc21. The molecule has 10 rings (SSSR count). The van der Waals surface area contributed by atoms with Crippen LogP contribution in [-0.4, -0.2) is 0 Å². The number of benzene rings is 7. The predicted molar refractivity (Wildman–Crippen MR) is 262 cm³/mol. The van der Waals surface area contributed by atoms with Crippen LogP contribution in [0.4, 0.5) is 11.4 Å². The summed E-state index contributed by atoms with van der Waals surface area (Å²) in [5, 5.41) is 0. The normalized spacial score (nSPS) is 15.8. The van der Waals surface area contributed by atoms with E-state index in [4.69, 9.17) is 0 Å². The van der Waals surface area contributed by atoms with Crippen molar-refractivity contribution in [2.45, 2.75) is 51.4 Å². The number of nitrogens with zero attached hydrogens (tertiary/aromatic N) is 1. The van der Waals surface area contributed by atoms with E-state index < -0.39 is 0 Å². The summed E-state index contributed by atoms with van der Waals surface area (Å²) in [5.74, 6) is 0. The van der Waals surface area contributed by atoms with Crippen molar-refractivity contribution in [2.24, 2.45) is 0 Å². The highest BCUT2D eigenvalue weighted by molar-refractivity contribution is 5.88. The minimum atomic E-state index is -0.159. The fourth-order valence-corrected chi connectivity index (χ4v) is 9.79. The van der Waals surface area contributed by atoms with Crippen LogP contribution >= 0.6 is 0 Å². The van der Waals surface area contributed by atoms with Gasteiger partial charge in [0, 0.05) is 27.9 Å². The van der Waals surface area contributed by atoms with E-state index in [1.54, 1.807) is 0 Å². The van der Waals surface area contributed by atoms with E-state index in [9.17, 15) is 0 Å². The molecule has 0 fully saturated rings.